The Kier molecular flexibility index (Phi) is 4.85. The zero-order valence-corrected chi connectivity index (χ0v) is 13.2. The molecule has 0 fully saturated rings. The Morgan fingerprint density at radius 1 is 1.48 bits per heavy atom. The zero-order chi connectivity index (χ0) is 15.5. The maximum Gasteiger partial charge on any atom is 0.165 e. The van der Waals surface area contributed by atoms with Gasteiger partial charge in [-0.2, -0.15) is 0 Å². The molecule has 1 aliphatic heterocycles. The molecule has 1 aromatic carbocycles. The average molecular weight is 326 g/mol. The van der Waals surface area contributed by atoms with Crippen LogP contribution in [0.3, 0.4) is 0 Å². The summed E-state index contributed by atoms with van der Waals surface area (Å²) in [5.74, 6) is -0.289. The van der Waals surface area contributed by atoms with E-state index in [4.69, 9.17) is 29.6 Å². The Labute approximate surface area is 134 Å². The minimum atomic E-state index is -0.529. The van der Waals surface area contributed by atoms with E-state index in [2.05, 4.69) is 5.32 Å². The third-order valence-corrected chi connectivity index (χ3v) is 3.89. The summed E-state index contributed by atoms with van der Waals surface area (Å²) in [4.78, 5) is 2.01. The van der Waals surface area contributed by atoms with Gasteiger partial charge in [-0.3, -0.25) is 0 Å². The molecule has 0 aliphatic carbocycles. The molecule has 0 spiro atoms. The number of allylic oxidation sites excluding steroid dienone is 2. The van der Waals surface area contributed by atoms with Gasteiger partial charge in [0, 0.05) is 23.3 Å². The van der Waals surface area contributed by atoms with E-state index in [1.165, 1.54) is 6.07 Å². The van der Waals surface area contributed by atoms with E-state index in [9.17, 15) is 4.39 Å². The van der Waals surface area contributed by atoms with Gasteiger partial charge in [-0.05, 0) is 49.8 Å². The Morgan fingerprint density at radius 3 is 2.90 bits per heavy atom. The number of nitrogens with zero attached hydrogens (tertiary/aromatic N) is 1. The van der Waals surface area contributed by atoms with Crippen LogP contribution in [0.15, 0.2) is 42.6 Å². The minimum Gasteiger partial charge on any atom is -0.376 e. The van der Waals surface area contributed by atoms with Crippen LogP contribution in [-0.4, -0.2) is 22.2 Å². The van der Waals surface area contributed by atoms with Crippen molar-refractivity contribution in [2.75, 3.05) is 6.54 Å². The molecule has 1 aromatic rings. The molecule has 0 bridgehead atoms. The molecule has 1 aliphatic rings. The lowest BCUT2D eigenvalue weighted by atomic mass is 10.1. The number of hydrogen-bond acceptors (Lipinski definition) is 2. The Balaban J connectivity index is 2.12. The first-order chi connectivity index (χ1) is 9.92. The molecule has 2 rings (SSSR count). The van der Waals surface area contributed by atoms with Crippen LogP contribution >= 0.6 is 23.8 Å². The summed E-state index contributed by atoms with van der Waals surface area (Å²) in [5.41, 5.74) is 5.57. The Bertz CT molecular complexity index is 582. The van der Waals surface area contributed by atoms with Crippen molar-refractivity contribution in [2.24, 2.45) is 5.73 Å². The quantitative estimate of drug-likeness (QED) is 0.835. The highest BCUT2D eigenvalue weighted by molar-refractivity contribution is 7.80. The lowest BCUT2D eigenvalue weighted by molar-refractivity contribution is 0.197. The van der Waals surface area contributed by atoms with E-state index in [1.54, 1.807) is 12.1 Å². The van der Waals surface area contributed by atoms with E-state index in [-0.39, 0.29) is 10.9 Å². The Morgan fingerprint density at radius 2 is 2.24 bits per heavy atom. The van der Waals surface area contributed by atoms with Gasteiger partial charge in [-0.1, -0.05) is 23.7 Å². The van der Waals surface area contributed by atoms with E-state index < -0.39 is 5.66 Å². The number of thiocarbonyl (C=S) groups is 1. The van der Waals surface area contributed by atoms with Crippen molar-refractivity contribution in [3.05, 3.63) is 59.0 Å². The lowest BCUT2D eigenvalue weighted by Gasteiger charge is -2.41. The van der Waals surface area contributed by atoms with Gasteiger partial charge in [0.2, 0.25) is 0 Å². The van der Waals surface area contributed by atoms with Crippen LogP contribution in [0.2, 0.25) is 5.02 Å². The van der Waals surface area contributed by atoms with Gasteiger partial charge in [-0.15, -0.1) is 0 Å². The maximum absolute atomic E-state index is 13.8. The third kappa shape index (κ3) is 3.74. The Hall–Kier alpha value is -1.59. The van der Waals surface area contributed by atoms with Gasteiger partial charge in [-0.25, -0.2) is 4.39 Å². The van der Waals surface area contributed by atoms with Crippen molar-refractivity contribution in [3.8, 4) is 0 Å². The summed E-state index contributed by atoms with van der Waals surface area (Å²) in [6.45, 7) is 2.53. The largest absolute Gasteiger partial charge is 0.376 e. The molecule has 0 radical (unpaired) electrons. The van der Waals surface area contributed by atoms with E-state index in [0.717, 1.165) is 0 Å². The topological polar surface area (TPSA) is 41.3 Å². The first-order valence-electron chi connectivity index (χ1n) is 6.56. The third-order valence-electron chi connectivity index (χ3n) is 3.44. The summed E-state index contributed by atoms with van der Waals surface area (Å²) in [6.07, 6.45) is 8.18. The van der Waals surface area contributed by atoms with Crippen LogP contribution in [0.4, 0.5) is 4.39 Å². The summed E-state index contributed by atoms with van der Waals surface area (Å²) in [6, 6.07) is 4.71. The summed E-state index contributed by atoms with van der Waals surface area (Å²) in [7, 11) is 0. The van der Waals surface area contributed by atoms with Gasteiger partial charge in [0.1, 0.15) is 11.5 Å². The summed E-state index contributed by atoms with van der Waals surface area (Å²) in [5, 5.41) is 3.70. The molecule has 1 atom stereocenters. The second-order valence-corrected chi connectivity index (χ2v) is 5.83. The standard InChI is InChI=1S/C15H17ClFN3S/c1-15(19-14(18)21)8-2-3-9-20(15)10-7-11-12(16)5-4-6-13(11)17/h2-6,8-9H,7,10H2,1H3,(H3,18,19,21). The van der Waals surface area contributed by atoms with Gasteiger partial charge in [0.25, 0.3) is 0 Å². The fraction of sp³-hybridized carbons (Fsp3) is 0.267. The highest BCUT2D eigenvalue weighted by atomic mass is 35.5. The van der Waals surface area contributed by atoms with Crippen molar-refractivity contribution in [1.29, 1.82) is 0 Å². The van der Waals surface area contributed by atoms with E-state index >= 15 is 0 Å². The molecule has 6 heteroatoms. The molecular formula is C15H17ClFN3S. The number of benzene rings is 1. The predicted octanol–water partition coefficient (Wildman–Crippen LogP) is 2.96. The zero-order valence-electron chi connectivity index (χ0n) is 11.6. The van der Waals surface area contributed by atoms with Crippen molar-refractivity contribution in [3.63, 3.8) is 0 Å². The van der Waals surface area contributed by atoms with Gasteiger partial charge in [0.05, 0.1) is 0 Å². The summed E-state index contributed by atoms with van der Waals surface area (Å²) >= 11 is 11.0. The molecule has 1 heterocycles. The number of rotatable bonds is 4. The fourth-order valence-corrected chi connectivity index (χ4v) is 2.78. The molecule has 0 aromatic heterocycles. The van der Waals surface area contributed by atoms with E-state index in [1.807, 2.05) is 36.3 Å². The number of nitrogens with one attached hydrogen (secondary N) is 1. The second-order valence-electron chi connectivity index (χ2n) is 4.98. The van der Waals surface area contributed by atoms with Crippen molar-refractivity contribution >= 4 is 28.9 Å². The second kappa shape index (κ2) is 6.45. The lowest BCUT2D eigenvalue weighted by Crippen LogP contribution is -2.57. The fourth-order valence-electron chi connectivity index (χ4n) is 2.32. The van der Waals surface area contributed by atoms with Crippen LogP contribution in [0.25, 0.3) is 0 Å². The van der Waals surface area contributed by atoms with Crippen molar-refractivity contribution in [2.45, 2.75) is 19.0 Å². The molecule has 21 heavy (non-hydrogen) atoms. The van der Waals surface area contributed by atoms with Crippen LogP contribution in [0, 0.1) is 5.82 Å². The van der Waals surface area contributed by atoms with Crippen LogP contribution < -0.4 is 11.1 Å². The first kappa shape index (κ1) is 15.8. The van der Waals surface area contributed by atoms with E-state index in [0.29, 0.717) is 23.6 Å². The number of halogens is 2. The highest BCUT2D eigenvalue weighted by Crippen LogP contribution is 2.23. The molecule has 112 valence electrons. The molecule has 0 saturated carbocycles. The minimum absolute atomic E-state index is 0.214. The van der Waals surface area contributed by atoms with Crippen LogP contribution in [-0.2, 0) is 6.42 Å². The number of nitrogens with two attached hydrogens (primary N) is 1. The molecule has 1 unspecified atom stereocenters. The van der Waals surface area contributed by atoms with Crippen LogP contribution in [0.1, 0.15) is 12.5 Å². The van der Waals surface area contributed by atoms with Crippen molar-refractivity contribution in [1.82, 2.24) is 10.2 Å². The highest BCUT2D eigenvalue weighted by Gasteiger charge is 2.28. The molecule has 3 N–H and O–H groups in total. The van der Waals surface area contributed by atoms with Gasteiger partial charge < -0.3 is 16.0 Å². The van der Waals surface area contributed by atoms with Crippen molar-refractivity contribution < 1.29 is 4.39 Å². The number of hydrogen-bond donors (Lipinski definition) is 2. The average Bonchev–Trinajstić information content (AvgIpc) is 2.39. The molecule has 0 saturated heterocycles. The normalized spacial score (nSPS) is 20.6. The molecular weight excluding hydrogens is 309 g/mol. The monoisotopic (exact) mass is 325 g/mol. The smallest absolute Gasteiger partial charge is 0.165 e. The SMILES string of the molecule is CC1(NC(N)=S)C=CC=CN1CCc1c(F)cccc1Cl. The first-order valence-corrected chi connectivity index (χ1v) is 7.34. The maximum atomic E-state index is 13.8. The summed E-state index contributed by atoms with van der Waals surface area (Å²) < 4.78 is 13.8. The van der Waals surface area contributed by atoms with Gasteiger partial charge in [0.15, 0.2) is 5.11 Å². The predicted molar refractivity (Wildman–Crippen MR) is 88.4 cm³/mol. The molecule has 0 amide bonds. The molecule has 3 nitrogen and oxygen atoms in total. The van der Waals surface area contributed by atoms with Gasteiger partial charge >= 0.3 is 0 Å². The van der Waals surface area contributed by atoms with Crippen LogP contribution in [0.5, 0.6) is 0 Å².